The minimum Gasteiger partial charge on any atom is -0.480 e. The first kappa shape index (κ1) is 10.1. The van der Waals surface area contributed by atoms with E-state index in [4.69, 9.17) is 5.11 Å². The predicted molar refractivity (Wildman–Crippen MR) is 46.8 cm³/mol. The molecule has 0 radical (unpaired) electrons. The molecule has 4 nitrogen and oxygen atoms in total. The number of nitrogens with zero attached hydrogens (tertiary/aromatic N) is 2. The zero-order valence-corrected chi connectivity index (χ0v) is 8.29. The predicted octanol–water partition coefficient (Wildman–Crippen LogP) is 1.09. The third-order valence-electron chi connectivity index (χ3n) is 2.90. The molecule has 0 spiro atoms. The molecule has 1 aliphatic carbocycles. The van der Waals surface area contributed by atoms with Gasteiger partial charge in [0.15, 0.2) is 5.41 Å². The summed E-state index contributed by atoms with van der Waals surface area (Å²) < 4.78 is 27.6. The normalized spacial score (nSPS) is 27.7. The van der Waals surface area contributed by atoms with Crippen molar-refractivity contribution < 1.29 is 18.7 Å². The summed E-state index contributed by atoms with van der Waals surface area (Å²) in [7, 11) is 1.59. The number of aromatic nitrogens is 2. The lowest BCUT2D eigenvalue weighted by atomic mass is 10.0. The molecule has 1 aliphatic rings. The molecule has 0 saturated heterocycles. The molecule has 1 fully saturated rings. The van der Waals surface area contributed by atoms with Crippen LogP contribution in [0.5, 0.6) is 0 Å². The van der Waals surface area contributed by atoms with Crippen LogP contribution in [0.1, 0.15) is 17.8 Å². The number of carboxylic acids is 1. The average Bonchev–Trinajstić information content (AvgIpc) is 2.54. The molecule has 0 bridgehead atoms. The molecular formula is C9H10F2N2O2. The monoisotopic (exact) mass is 216 g/mol. The van der Waals surface area contributed by atoms with Gasteiger partial charge in [-0.25, -0.2) is 8.78 Å². The molecule has 1 atom stereocenters. The Bertz CT molecular complexity index is 422. The van der Waals surface area contributed by atoms with Gasteiger partial charge in [0.2, 0.25) is 0 Å². The Morgan fingerprint density at radius 1 is 1.67 bits per heavy atom. The highest BCUT2D eigenvalue weighted by Gasteiger charge is 2.78. The maximum absolute atomic E-state index is 13.1. The van der Waals surface area contributed by atoms with Crippen LogP contribution < -0.4 is 0 Å². The lowest BCUT2D eigenvalue weighted by Gasteiger charge is -2.06. The van der Waals surface area contributed by atoms with Gasteiger partial charge in [0.1, 0.15) is 0 Å². The van der Waals surface area contributed by atoms with Crippen molar-refractivity contribution in [3.05, 3.63) is 17.5 Å². The van der Waals surface area contributed by atoms with Crippen LogP contribution in [0.15, 0.2) is 6.07 Å². The van der Waals surface area contributed by atoms with E-state index < -0.39 is 23.7 Å². The van der Waals surface area contributed by atoms with Gasteiger partial charge in [0.25, 0.3) is 5.92 Å². The van der Waals surface area contributed by atoms with E-state index in [-0.39, 0.29) is 5.69 Å². The highest BCUT2D eigenvalue weighted by molar-refractivity contribution is 5.87. The number of hydrogen-bond acceptors (Lipinski definition) is 2. The first-order valence-corrected chi connectivity index (χ1v) is 4.43. The van der Waals surface area contributed by atoms with Crippen molar-refractivity contribution in [2.75, 3.05) is 0 Å². The van der Waals surface area contributed by atoms with Gasteiger partial charge in [-0.15, -0.1) is 0 Å². The molecule has 15 heavy (non-hydrogen) atoms. The zero-order chi connectivity index (χ0) is 11.4. The number of alkyl halides is 2. The standard InChI is InChI=1S/C9H10F2N2O2/c1-5-3-6(12-13(5)2)8(7(14)15)4-9(8,10)11/h3H,4H2,1-2H3,(H,14,15). The van der Waals surface area contributed by atoms with Gasteiger partial charge in [0.05, 0.1) is 5.69 Å². The highest BCUT2D eigenvalue weighted by Crippen LogP contribution is 2.61. The molecule has 1 aromatic heterocycles. The third kappa shape index (κ3) is 1.10. The Hall–Kier alpha value is -1.46. The lowest BCUT2D eigenvalue weighted by molar-refractivity contribution is -0.143. The molecule has 0 amide bonds. The summed E-state index contributed by atoms with van der Waals surface area (Å²) in [6.07, 6.45) is -0.661. The van der Waals surface area contributed by atoms with Crippen LogP contribution in [0.3, 0.4) is 0 Å². The van der Waals surface area contributed by atoms with Crippen LogP contribution in [-0.4, -0.2) is 26.8 Å². The molecule has 1 aromatic rings. The molecule has 0 aliphatic heterocycles. The molecular weight excluding hydrogens is 206 g/mol. The average molecular weight is 216 g/mol. The number of carboxylic acid groups (broad SMARTS) is 1. The summed E-state index contributed by atoms with van der Waals surface area (Å²) in [6.45, 7) is 1.69. The number of hydrogen-bond donors (Lipinski definition) is 1. The van der Waals surface area contributed by atoms with E-state index in [1.807, 2.05) is 0 Å². The number of halogens is 2. The van der Waals surface area contributed by atoms with Crippen molar-refractivity contribution in [1.29, 1.82) is 0 Å². The molecule has 2 rings (SSSR count). The minimum atomic E-state index is -3.18. The van der Waals surface area contributed by atoms with E-state index in [2.05, 4.69) is 5.10 Å². The van der Waals surface area contributed by atoms with Crippen molar-refractivity contribution in [3.63, 3.8) is 0 Å². The first-order valence-electron chi connectivity index (χ1n) is 4.43. The van der Waals surface area contributed by atoms with Crippen LogP contribution >= 0.6 is 0 Å². The van der Waals surface area contributed by atoms with Crippen molar-refractivity contribution in [3.8, 4) is 0 Å². The van der Waals surface area contributed by atoms with Gasteiger partial charge < -0.3 is 5.11 Å². The molecule has 1 N–H and O–H groups in total. The number of carbonyl (C=O) groups is 1. The third-order valence-corrected chi connectivity index (χ3v) is 2.90. The van der Waals surface area contributed by atoms with Crippen LogP contribution in [0.25, 0.3) is 0 Å². The summed E-state index contributed by atoms with van der Waals surface area (Å²) >= 11 is 0. The molecule has 6 heteroatoms. The number of aliphatic carboxylic acids is 1. The summed E-state index contributed by atoms with van der Waals surface area (Å²) in [4.78, 5) is 10.9. The molecule has 82 valence electrons. The van der Waals surface area contributed by atoms with Gasteiger partial charge in [-0.2, -0.15) is 5.10 Å². The largest absolute Gasteiger partial charge is 0.480 e. The van der Waals surface area contributed by atoms with E-state index >= 15 is 0 Å². The fourth-order valence-electron chi connectivity index (χ4n) is 1.68. The smallest absolute Gasteiger partial charge is 0.322 e. The van der Waals surface area contributed by atoms with Crippen molar-refractivity contribution in [2.24, 2.45) is 7.05 Å². The second kappa shape index (κ2) is 2.56. The van der Waals surface area contributed by atoms with Gasteiger partial charge in [0, 0.05) is 19.2 Å². The first-order chi connectivity index (χ1) is 6.81. The molecule has 1 unspecified atom stereocenters. The molecule has 1 saturated carbocycles. The lowest BCUT2D eigenvalue weighted by Crippen LogP contribution is -2.27. The van der Waals surface area contributed by atoms with Gasteiger partial charge in [-0.1, -0.05) is 0 Å². The highest BCUT2D eigenvalue weighted by atomic mass is 19.3. The van der Waals surface area contributed by atoms with Gasteiger partial charge in [-0.3, -0.25) is 9.48 Å². The molecule has 0 aromatic carbocycles. The Morgan fingerprint density at radius 2 is 2.20 bits per heavy atom. The quantitative estimate of drug-likeness (QED) is 0.805. The fraction of sp³-hybridized carbons (Fsp3) is 0.556. The Kier molecular flexibility index (Phi) is 1.72. The second-order valence-electron chi connectivity index (χ2n) is 3.89. The summed E-state index contributed by atoms with van der Waals surface area (Å²) in [5.74, 6) is -4.69. The van der Waals surface area contributed by atoms with Crippen molar-refractivity contribution >= 4 is 5.97 Å². The fourth-order valence-corrected chi connectivity index (χ4v) is 1.68. The van der Waals surface area contributed by atoms with Crippen molar-refractivity contribution in [1.82, 2.24) is 9.78 Å². The van der Waals surface area contributed by atoms with Gasteiger partial charge in [-0.05, 0) is 13.0 Å². The zero-order valence-electron chi connectivity index (χ0n) is 8.29. The summed E-state index contributed by atoms with van der Waals surface area (Å²) in [6, 6.07) is 1.40. The van der Waals surface area contributed by atoms with Crippen LogP contribution in [0.2, 0.25) is 0 Å². The van der Waals surface area contributed by atoms with E-state index in [1.165, 1.54) is 10.7 Å². The minimum absolute atomic E-state index is 0.0556. The van der Waals surface area contributed by atoms with E-state index in [0.29, 0.717) is 5.69 Å². The molecule has 1 heterocycles. The Labute approximate surface area is 84.5 Å². The van der Waals surface area contributed by atoms with Gasteiger partial charge >= 0.3 is 5.97 Å². The SMILES string of the molecule is Cc1cc(C2(C(=O)O)CC2(F)F)nn1C. The van der Waals surface area contributed by atoms with Crippen molar-refractivity contribution in [2.45, 2.75) is 24.7 Å². The Balaban J connectivity index is 2.50. The number of rotatable bonds is 2. The maximum Gasteiger partial charge on any atom is 0.322 e. The van der Waals surface area contributed by atoms with E-state index in [9.17, 15) is 13.6 Å². The van der Waals surface area contributed by atoms with Crippen LogP contribution in [0, 0.1) is 6.92 Å². The summed E-state index contributed by atoms with van der Waals surface area (Å²) in [5.41, 5.74) is -1.49. The van der Waals surface area contributed by atoms with E-state index in [0.717, 1.165) is 0 Å². The summed E-state index contributed by atoms with van der Waals surface area (Å²) in [5, 5.41) is 12.7. The topological polar surface area (TPSA) is 55.1 Å². The second-order valence-corrected chi connectivity index (χ2v) is 3.89. The number of aryl methyl sites for hydroxylation is 2. The maximum atomic E-state index is 13.1. The van der Waals surface area contributed by atoms with E-state index in [1.54, 1.807) is 14.0 Å². The van der Waals surface area contributed by atoms with Crippen LogP contribution in [-0.2, 0) is 17.3 Å². The Morgan fingerprint density at radius 3 is 2.47 bits per heavy atom. The van der Waals surface area contributed by atoms with Crippen LogP contribution in [0.4, 0.5) is 8.78 Å².